The number of hydrogen-bond donors (Lipinski definition) is 1. The first kappa shape index (κ1) is 22.2. The molecule has 0 bridgehead atoms. The van der Waals surface area contributed by atoms with E-state index in [9.17, 15) is 4.79 Å². The van der Waals surface area contributed by atoms with Crippen molar-refractivity contribution in [2.24, 2.45) is 0 Å². The van der Waals surface area contributed by atoms with Crippen LogP contribution in [0.15, 0.2) is 75.8 Å². The molecule has 0 unspecified atom stereocenters. The number of aromatic nitrogens is 1. The van der Waals surface area contributed by atoms with Gasteiger partial charge in [-0.25, -0.2) is 0 Å². The maximum Gasteiger partial charge on any atom is 0.228 e. The number of nitrogens with one attached hydrogen (secondary N) is 1. The molecule has 0 amide bonds. The van der Waals surface area contributed by atoms with E-state index in [0.717, 1.165) is 34.1 Å². The van der Waals surface area contributed by atoms with E-state index in [2.05, 4.69) is 50.5 Å². The summed E-state index contributed by atoms with van der Waals surface area (Å²) < 4.78 is 6.84. The number of benzene rings is 2. The fraction of sp³-hybridized carbons (Fsp3) is 0.167. The van der Waals surface area contributed by atoms with E-state index in [-0.39, 0.29) is 18.2 Å². The minimum atomic E-state index is -0.129. The Bertz CT molecular complexity index is 1140. The molecule has 2 heterocycles. The average molecular weight is 486 g/mol. The third kappa shape index (κ3) is 4.98. The van der Waals surface area contributed by atoms with E-state index in [1.54, 1.807) is 12.1 Å². The first-order valence-corrected chi connectivity index (χ1v) is 10.3. The van der Waals surface area contributed by atoms with Crippen molar-refractivity contribution in [1.29, 1.82) is 0 Å². The standard InChI is InChI=1S/C24H21BrN2O2.ClH/c1-16-24-21(13-22(29-24)23(28)18-7-9-20(25)10-8-18)19(15-27-16)14-26-12-11-17-5-3-2-4-6-17;/h2-10,13,15,26H,11-12,14H2,1H3;1H. The van der Waals surface area contributed by atoms with Crippen molar-refractivity contribution < 1.29 is 9.21 Å². The first-order chi connectivity index (χ1) is 14.1. The van der Waals surface area contributed by atoms with Gasteiger partial charge in [0.05, 0.1) is 5.69 Å². The van der Waals surface area contributed by atoms with E-state index in [1.165, 1.54) is 5.56 Å². The monoisotopic (exact) mass is 484 g/mol. The van der Waals surface area contributed by atoms with Crippen LogP contribution in [-0.2, 0) is 13.0 Å². The van der Waals surface area contributed by atoms with Gasteiger partial charge in [0.15, 0.2) is 11.3 Å². The van der Waals surface area contributed by atoms with Crippen molar-refractivity contribution in [3.8, 4) is 0 Å². The van der Waals surface area contributed by atoms with Gasteiger partial charge in [0, 0.05) is 28.2 Å². The lowest BCUT2D eigenvalue weighted by Gasteiger charge is -2.06. The zero-order valence-electron chi connectivity index (χ0n) is 16.5. The van der Waals surface area contributed by atoms with Crippen LogP contribution < -0.4 is 5.32 Å². The molecule has 2 aromatic heterocycles. The Morgan fingerprint density at radius 1 is 1.10 bits per heavy atom. The summed E-state index contributed by atoms with van der Waals surface area (Å²) in [6.45, 7) is 3.43. The maximum absolute atomic E-state index is 12.8. The number of rotatable bonds is 7. The summed E-state index contributed by atoms with van der Waals surface area (Å²) in [5, 5.41) is 4.40. The van der Waals surface area contributed by atoms with Crippen LogP contribution in [-0.4, -0.2) is 17.3 Å². The Balaban J connectivity index is 0.00000256. The zero-order chi connectivity index (χ0) is 20.2. The number of carbonyl (C=O) groups is 1. The van der Waals surface area contributed by atoms with Crippen LogP contribution in [0, 0.1) is 6.92 Å². The number of hydrogen-bond acceptors (Lipinski definition) is 4. The molecule has 0 aliphatic heterocycles. The minimum Gasteiger partial charge on any atom is -0.451 e. The first-order valence-electron chi connectivity index (χ1n) is 9.55. The van der Waals surface area contributed by atoms with Gasteiger partial charge in [0.2, 0.25) is 5.78 Å². The fourth-order valence-corrected chi connectivity index (χ4v) is 3.56. The predicted molar refractivity (Wildman–Crippen MR) is 125 cm³/mol. The van der Waals surface area contributed by atoms with Gasteiger partial charge in [-0.15, -0.1) is 12.4 Å². The van der Waals surface area contributed by atoms with Gasteiger partial charge >= 0.3 is 0 Å². The van der Waals surface area contributed by atoms with Crippen LogP contribution >= 0.6 is 28.3 Å². The highest BCUT2D eigenvalue weighted by Crippen LogP contribution is 2.27. The lowest BCUT2D eigenvalue weighted by Crippen LogP contribution is -2.17. The number of aryl methyl sites for hydroxylation is 1. The molecule has 0 fully saturated rings. The Morgan fingerprint density at radius 3 is 2.57 bits per heavy atom. The summed E-state index contributed by atoms with van der Waals surface area (Å²) in [6.07, 6.45) is 2.82. The largest absolute Gasteiger partial charge is 0.451 e. The van der Waals surface area contributed by atoms with Crippen molar-refractivity contribution in [3.63, 3.8) is 0 Å². The molecule has 154 valence electrons. The molecule has 0 radical (unpaired) electrons. The average Bonchev–Trinajstić information content (AvgIpc) is 3.20. The molecule has 0 atom stereocenters. The second-order valence-electron chi connectivity index (χ2n) is 6.97. The van der Waals surface area contributed by atoms with E-state index >= 15 is 0 Å². The zero-order valence-corrected chi connectivity index (χ0v) is 18.9. The Hall–Kier alpha value is -2.47. The molecule has 30 heavy (non-hydrogen) atoms. The molecule has 0 aliphatic rings. The fourth-order valence-electron chi connectivity index (χ4n) is 3.30. The van der Waals surface area contributed by atoms with Crippen molar-refractivity contribution in [2.75, 3.05) is 6.54 Å². The Kier molecular flexibility index (Phi) is 7.43. The van der Waals surface area contributed by atoms with Crippen molar-refractivity contribution in [1.82, 2.24) is 10.3 Å². The molecule has 0 aliphatic carbocycles. The summed E-state index contributed by atoms with van der Waals surface area (Å²) in [5.74, 6) is 0.208. The topological polar surface area (TPSA) is 55.1 Å². The van der Waals surface area contributed by atoms with Crippen LogP contribution in [0.5, 0.6) is 0 Å². The van der Waals surface area contributed by atoms with Gasteiger partial charge in [-0.1, -0.05) is 46.3 Å². The summed E-state index contributed by atoms with van der Waals surface area (Å²) in [5.41, 5.74) is 4.38. The number of carbonyl (C=O) groups excluding carboxylic acids is 1. The number of pyridine rings is 1. The Labute approximate surface area is 190 Å². The van der Waals surface area contributed by atoms with Crippen LogP contribution in [0.3, 0.4) is 0 Å². The molecule has 6 heteroatoms. The highest BCUT2D eigenvalue weighted by atomic mass is 79.9. The highest BCUT2D eigenvalue weighted by molar-refractivity contribution is 9.10. The van der Waals surface area contributed by atoms with Gasteiger partial charge < -0.3 is 9.73 Å². The summed E-state index contributed by atoms with van der Waals surface area (Å²) in [6, 6.07) is 19.5. The Morgan fingerprint density at radius 2 is 1.83 bits per heavy atom. The van der Waals surface area contributed by atoms with Crippen molar-refractivity contribution in [2.45, 2.75) is 19.9 Å². The molecule has 1 N–H and O–H groups in total. The summed E-state index contributed by atoms with van der Waals surface area (Å²) >= 11 is 3.39. The molecular weight excluding hydrogens is 464 g/mol. The van der Waals surface area contributed by atoms with Gasteiger partial charge in [-0.3, -0.25) is 9.78 Å². The molecule has 4 rings (SSSR count). The van der Waals surface area contributed by atoms with E-state index in [0.29, 0.717) is 23.5 Å². The number of halogens is 2. The van der Waals surface area contributed by atoms with Gasteiger partial charge in [-0.2, -0.15) is 0 Å². The van der Waals surface area contributed by atoms with E-state index in [1.807, 2.05) is 37.4 Å². The third-order valence-electron chi connectivity index (χ3n) is 4.90. The summed E-state index contributed by atoms with van der Waals surface area (Å²) in [4.78, 5) is 17.3. The van der Waals surface area contributed by atoms with Crippen LogP contribution in [0.2, 0.25) is 0 Å². The number of fused-ring (bicyclic) bond motifs is 1. The predicted octanol–water partition coefficient (Wildman–Crippen LogP) is 5.88. The van der Waals surface area contributed by atoms with Crippen LogP contribution in [0.25, 0.3) is 11.0 Å². The molecule has 0 spiro atoms. The van der Waals surface area contributed by atoms with E-state index < -0.39 is 0 Å². The number of ketones is 1. The molecule has 4 nitrogen and oxygen atoms in total. The second kappa shape index (κ2) is 10.0. The lowest BCUT2D eigenvalue weighted by atomic mass is 10.1. The SMILES string of the molecule is Cc1ncc(CNCCc2ccccc2)c2cc(C(=O)c3ccc(Br)cc3)oc12.Cl. The van der Waals surface area contributed by atoms with Crippen LogP contribution in [0.4, 0.5) is 0 Å². The summed E-state index contributed by atoms with van der Waals surface area (Å²) in [7, 11) is 0. The second-order valence-corrected chi connectivity index (χ2v) is 7.89. The van der Waals surface area contributed by atoms with Crippen molar-refractivity contribution >= 4 is 45.1 Å². The quantitative estimate of drug-likeness (QED) is 0.262. The molecule has 0 saturated heterocycles. The van der Waals surface area contributed by atoms with Gasteiger partial charge in [0.1, 0.15) is 0 Å². The van der Waals surface area contributed by atoms with Crippen molar-refractivity contribution in [3.05, 3.63) is 99.5 Å². The molecular formula is C24H22BrClN2O2. The minimum absolute atomic E-state index is 0. The smallest absolute Gasteiger partial charge is 0.228 e. The lowest BCUT2D eigenvalue weighted by molar-refractivity contribution is 0.101. The molecule has 0 saturated carbocycles. The molecule has 2 aromatic carbocycles. The van der Waals surface area contributed by atoms with Gasteiger partial charge in [-0.05, 0) is 61.3 Å². The third-order valence-corrected chi connectivity index (χ3v) is 5.43. The van der Waals surface area contributed by atoms with Gasteiger partial charge in [0.25, 0.3) is 0 Å². The maximum atomic E-state index is 12.8. The normalized spacial score (nSPS) is 10.7. The number of nitrogens with zero attached hydrogens (tertiary/aromatic N) is 1. The number of furan rings is 1. The van der Waals surface area contributed by atoms with E-state index in [4.69, 9.17) is 4.42 Å². The van der Waals surface area contributed by atoms with Crippen LogP contribution in [0.1, 0.15) is 32.9 Å². The molecule has 4 aromatic rings. The highest BCUT2D eigenvalue weighted by Gasteiger charge is 2.18.